The molecule has 92 valence electrons. The third-order valence-electron chi connectivity index (χ3n) is 2.60. The summed E-state index contributed by atoms with van der Waals surface area (Å²) in [6.07, 6.45) is 0.291. The van der Waals surface area contributed by atoms with Gasteiger partial charge in [0, 0.05) is 0 Å². The van der Waals surface area contributed by atoms with E-state index in [0.29, 0.717) is 6.42 Å². The van der Waals surface area contributed by atoms with Crippen molar-refractivity contribution in [1.29, 1.82) is 0 Å². The van der Waals surface area contributed by atoms with Crippen molar-refractivity contribution in [2.75, 3.05) is 7.11 Å². The number of hydrogen-bond donors (Lipinski definition) is 0. The number of halogens is 1. The van der Waals surface area contributed by atoms with Crippen LogP contribution in [0.1, 0.15) is 29.3 Å². The second kappa shape index (κ2) is 5.57. The Morgan fingerprint density at radius 2 is 2.06 bits per heavy atom. The van der Waals surface area contributed by atoms with Crippen LogP contribution < -0.4 is 0 Å². The van der Waals surface area contributed by atoms with Crippen molar-refractivity contribution in [2.24, 2.45) is 5.92 Å². The van der Waals surface area contributed by atoms with Crippen molar-refractivity contribution in [2.45, 2.75) is 20.3 Å². The predicted octanol–water partition coefficient (Wildman–Crippen LogP) is 2.52. The summed E-state index contributed by atoms with van der Waals surface area (Å²) in [6.45, 7) is 3.45. The lowest BCUT2D eigenvalue weighted by molar-refractivity contribution is -0.143. The van der Waals surface area contributed by atoms with E-state index < -0.39 is 23.5 Å². The molecule has 1 aromatic rings. The number of esters is 1. The lowest BCUT2D eigenvalue weighted by atomic mass is 9.94. The van der Waals surface area contributed by atoms with E-state index in [1.807, 2.05) is 0 Å². The Kier molecular flexibility index (Phi) is 4.37. The minimum atomic E-state index is -0.934. The molecule has 0 fully saturated rings. The largest absolute Gasteiger partial charge is 0.468 e. The van der Waals surface area contributed by atoms with Gasteiger partial charge in [0.1, 0.15) is 11.7 Å². The van der Waals surface area contributed by atoms with E-state index in [1.54, 1.807) is 19.9 Å². The van der Waals surface area contributed by atoms with Crippen LogP contribution in [0.5, 0.6) is 0 Å². The summed E-state index contributed by atoms with van der Waals surface area (Å²) in [5.74, 6) is -2.70. The predicted molar refractivity (Wildman–Crippen MR) is 61.3 cm³/mol. The first-order chi connectivity index (χ1) is 8.01. The number of ether oxygens (including phenoxy) is 1. The molecule has 0 aliphatic rings. The van der Waals surface area contributed by atoms with Gasteiger partial charge in [0.05, 0.1) is 12.7 Å². The highest BCUT2D eigenvalue weighted by atomic mass is 19.1. The summed E-state index contributed by atoms with van der Waals surface area (Å²) in [5.41, 5.74) is 0.719. The monoisotopic (exact) mass is 238 g/mol. The Hall–Kier alpha value is -1.71. The van der Waals surface area contributed by atoms with Gasteiger partial charge in [-0.1, -0.05) is 18.6 Å². The number of methoxy groups -OCH3 is 1. The molecule has 0 N–H and O–H groups in total. The van der Waals surface area contributed by atoms with Crippen molar-refractivity contribution in [3.63, 3.8) is 0 Å². The zero-order chi connectivity index (χ0) is 13.0. The summed E-state index contributed by atoms with van der Waals surface area (Å²) < 4.78 is 18.0. The lowest BCUT2D eigenvalue weighted by Crippen LogP contribution is -2.25. The highest BCUT2D eigenvalue weighted by Crippen LogP contribution is 2.18. The zero-order valence-corrected chi connectivity index (χ0v) is 10.1. The van der Waals surface area contributed by atoms with E-state index in [2.05, 4.69) is 4.74 Å². The Balaban J connectivity index is 3.10. The third kappa shape index (κ3) is 2.90. The van der Waals surface area contributed by atoms with Crippen LogP contribution in [-0.4, -0.2) is 18.9 Å². The number of aryl methyl sites for hydroxylation is 1. The summed E-state index contributed by atoms with van der Waals surface area (Å²) in [4.78, 5) is 23.4. The highest BCUT2D eigenvalue weighted by molar-refractivity contribution is 6.08. The third-order valence-corrected chi connectivity index (χ3v) is 2.60. The van der Waals surface area contributed by atoms with Gasteiger partial charge in [-0.25, -0.2) is 4.39 Å². The van der Waals surface area contributed by atoms with E-state index in [-0.39, 0.29) is 5.56 Å². The molecule has 0 aliphatic heterocycles. The van der Waals surface area contributed by atoms with Gasteiger partial charge in [-0.3, -0.25) is 9.59 Å². The molecular formula is C13H15FO3. The molecule has 1 rings (SSSR count). The molecule has 1 aromatic carbocycles. The van der Waals surface area contributed by atoms with Gasteiger partial charge in [0.2, 0.25) is 0 Å². The Morgan fingerprint density at radius 1 is 1.41 bits per heavy atom. The van der Waals surface area contributed by atoms with E-state index in [1.165, 1.54) is 19.2 Å². The van der Waals surface area contributed by atoms with Crippen LogP contribution in [-0.2, 0) is 9.53 Å². The van der Waals surface area contributed by atoms with Crippen LogP contribution in [0.3, 0.4) is 0 Å². The van der Waals surface area contributed by atoms with Gasteiger partial charge in [-0.15, -0.1) is 0 Å². The summed E-state index contributed by atoms with van der Waals surface area (Å²) in [7, 11) is 1.21. The molecule has 0 saturated carbocycles. The number of ketones is 1. The van der Waals surface area contributed by atoms with E-state index in [9.17, 15) is 14.0 Å². The smallest absolute Gasteiger partial charge is 0.316 e. The first-order valence-electron chi connectivity index (χ1n) is 5.39. The highest BCUT2D eigenvalue weighted by Gasteiger charge is 2.28. The molecule has 1 atom stereocenters. The van der Waals surface area contributed by atoms with Crippen LogP contribution >= 0.6 is 0 Å². The van der Waals surface area contributed by atoms with E-state index in [0.717, 1.165) is 5.56 Å². The number of rotatable bonds is 4. The van der Waals surface area contributed by atoms with Crippen LogP contribution in [0, 0.1) is 18.7 Å². The van der Waals surface area contributed by atoms with Gasteiger partial charge >= 0.3 is 5.97 Å². The maximum atomic E-state index is 13.5. The molecule has 17 heavy (non-hydrogen) atoms. The van der Waals surface area contributed by atoms with Crippen molar-refractivity contribution in [3.05, 3.63) is 35.1 Å². The first kappa shape index (κ1) is 13.4. The maximum absolute atomic E-state index is 13.5. The number of carbonyl (C=O) groups is 2. The normalized spacial score (nSPS) is 12.0. The van der Waals surface area contributed by atoms with Crippen LogP contribution in [0.15, 0.2) is 18.2 Å². The molecule has 0 spiro atoms. The minimum absolute atomic E-state index is 0.0535. The van der Waals surface area contributed by atoms with Crippen LogP contribution in [0.25, 0.3) is 0 Å². The first-order valence-corrected chi connectivity index (χ1v) is 5.39. The summed E-state index contributed by atoms with van der Waals surface area (Å²) in [5, 5.41) is 0. The standard InChI is InChI=1S/C13H15FO3/c1-4-9(13(16)17-3)12(15)10-7-8(2)5-6-11(10)14/h5-7,9H,4H2,1-3H3. The Bertz CT molecular complexity index is 440. The van der Waals surface area contributed by atoms with E-state index in [4.69, 9.17) is 0 Å². The second-order valence-corrected chi connectivity index (χ2v) is 3.83. The van der Waals surface area contributed by atoms with Gasteiger partial charge < -0.3 is 4.74 Å². The molecule has 0 aromatic heterocycles. The molecule has 0 radical (unpaired) electrons. The second-order valence-electron chi connectivity index (χ2n) is 3.83. The van der Waals surface area contributed by atoms with Crippen molar-refractivity contribution < 1.29 is 18.7 Å². The van der Waals surface area contributed by atoms with Crippen molar-refractivity contribution >= 4 is 11.8 Å². The minimum Gasteiger partial charge on any atom is -0.468 e. The summed E-state index contributed by atoms with van der Waals surface area (Å²) in [6, 6.07) is 4.25. The molecule has 0 saturated heterocycles. The van der Waals surface area contributed by atoms with Crippen LogP contribution in [0.2, 0.25) is 0 Å². The molecule has 0 heterocycles. The van der Waals surface area contributed by atoms with Crippen molar-refractivity contribution in [3.8, 4) is 0 Å². The number of hydrogen-bond acceptors (Lipinski definition) is 3. The van der Waals surface area contributed by atoms with Gasteiger partial charge in [0.25, 0.3) is 0 Å². The molecule has 0 bridgehead atoms. The molecule has 0 amide bonds. The number of Topliss-reactive ketones (excluding diaryl/α,β-unsaturated/α-hetero) is 1. The average Bonchev–Trinajstić information content (AvgIpc) is 2.32. The molecule has 4 heteroatoms. The Morgan fingerprint density at radius 3 is 2.59 bits per heavy atom. The SMILES string of the molecule is CCC(C(=O)OC)C(=O)c1cc(C)ccc1F. The number of carbonyl (C=O) groups excluding carboxylic acids is 2. The lowest BCUT2D eigenvalue weighted by Gasteiger charge is -2.12. The van der Waals surface area contributed by atoms with Crippen molar-refractivity contribution in [1.82, 2.24) is 0 Å². The van der Waals surface area contributed by atoms with Gasteiger partial charge in [0.15, 0.2) is 5.78 Å². The summed E-state index contributed by atoms with van der Waals surface area (Å²) >= 11 is 0. The molecule has 0 aliphatic carbocycles. The fourth-order valence-corrected chi connectivity index (χ4v) is 1.62. The zero-order valence-electron chi connectivity index (χ0n) is 10.1. The topological polar surface area (TPSA) is 43.4 Å². The fourth-order valence-electron chi connectivity index (χ4n) is 1.62. The molecular weight excluding hydrogens is 223 g/mol. The maximum Gasteiger partial charge on any atom is 0.316 e. The van der Waals surface area contributed by atoms with Crippen LogP contribution in [0.4, 0.5) is 4.39 Å². The van der Waals surface area contributed by atoms with Gasteiger partial charge in [-0.2, -0.15) is 0 Å². The molecule has 3 nitrogen and oxygen atoms in total. The average molecular weight is 238 g/mol. The Labute approximate surface area is 99.6 Å². The fraction of sp³-hybridized carbons (Fsp3) is 0.385. The van der Waals surface area contributed by atoms with E-state index >= 15 is 0 Å². The molecule has 1 unspecified atom stereocenters. The quantitative estimate of drug-likeness (QED) is 0.460. The number of benzene rings is 1. The van der Waals surface area contributed by atoms with Gasteiger partial charge in [-0.05, 0) is 25.5 Å².